The molecule has 1 saturated heterocycles. The Bertz CT molecular complexity index is 197. The fraction of sp³-hybridized carbons (Fsp3) is 0.875. The SMILES string of the molecule is CCNCC(=O)N1CCC(F)(F)C1. The summed E-state index contributed by atoms with van der Waals surface area (Å²) < 4.78 is 25.3. The molecule has 0 aromatic heterocycles. The number of nitrogens with one attached hydrogen (secondary N) is 1. The van der Waals surface area contributed by atoms with E-state index in [1.165, 1.54) is 4.90 Å². The topological polar surface area (TPSA) is 32.3 Å². The Morgan fingerprint density at radius 3 is 2.77 bits per heavy atom. The van der Waals surface area contributed by atoms with Gasteiger partial charge < -0.3 is 10.2 Å². The van der Waals surface area contributed by atoms with Crippen molar-refractivity contribution in [3.63, 3.8) is 0 Å². The van der Waals surface area contributed by atoms with Crippen molar-refractivity contribution in [2.75, 3.05) is 26.2 Å². The predicted octanol–water partition coefficient (Wildman–Crippen LogP) is 0.464. The lowest BCUT2D eigenvalue weighted by atomic mass is 10.3. The Morgan fingerprint density at radius 1 is 1.62 bits per heavy atom. The van der Waals surface area contributed by atoms with Gasteiger partial charge in [-0.1, -0.05) is 6.92 Å². The van der Waals surface area contributed by atoms with Gasteiger partial charge in [0.25, 0.3) is 5.92 Å². The molecule has 3 nitrogen and oxygen atoms in total. The van der Waals surface area contributed by atoms with Gasteiger partial charge in [0.15, 0.2) is 0 Å². The van der Waals surface area contributed by atoms with Crippen molar-refractivity contribution in [1.82, 2.24) is 10.2 Å². The van der Waals surface area contributed by atoms with Crippen LogP contribution in [0.3, 0.4) is 0 Å². The summed E-state index contributed by atoms with van der Waals surface area (Å²) in [5.74, 6) is -2.92. The molecule has 0 unspecified atom stereocenters. The smallest absolute Gasteiger partial charge is 0.267 e. The number of hydrogen-bond acceptors (Lipinski definition) is 2. The zero-order chi connectivity index (χ0) is 9.90. The van der Waals surface area contributed by atoms with Crippen LogP contribution in [0, 0.1) is 0 Å². The first-order chi connectivity index (χ1) is 6.05. The molecule has 0 aromatic rings. The van der Waals surface area contributed by atoms with Crippen molar-refractivity contribution >= 4 is 5.91 Å². The van der Waals surface area contributed by atoms with Crippen LogP contribution in [0.1, 0.15) is 13.3 Å². The number of likely N-dealkylation sites (N-methyl/N-ethyl adjacent to an activating group) is 1. The van der Waals surface area contributed by atoms with Crippen molar-refractivity contribution in [3.05, 3.63) is 0 Å². The van der Waals surface area contributed by atoms with Crippen molar-refractivity contribution in [2.45, 2.75) is 19.3 Å². The molecule has 1 rings (SSSR count). The van der Waals surface area contributed by atoms with E-state index in [0.717, 1.165) is 0 Å². The molecule has 1 heterocycles. The highest BCUT2D eigenvalue weighted by Gasteiger charge is 2.39. The van der Waals surface area contributed by atoms with Gasteiger partial charge in [0.05, 0.1) is 13.1 Å². The standard InChI is InChI=1S/C8H14F2N2O/c1-2-11-5-7(13)12-4-3-8(9,10)6-12/h11H,2-6H2,1H3. The van der Waals surface area contributed by atoms with Crippen molar-refractivity contribution in [2.24, 2.45) is 0 Å². The van der Waals surface area contributed by atoms with E-state index < -0.39 is 12.5 Å². The lowest BCUT2D eigenvalue weighted by Crippen LogP contribution is -2.37. The fourth-order valence-electron chi connectivity index (χ4n) is 1.29. The Morgan fingerprint density at radius 2 is 2.31 bits per heavy atom. The lowest BCUT2D eigenvalue weighted by Gasteiger charge is -2.15. The second-order valence-electron chi connectivity index (χ2n) is 3.20. The zero-order valence-electron chi connectivity index (χ0n) is 7.65. The molecule has 1 N–H and O–H groups in total. The summed E-state index contributed by atoms with van der Waals surface area (Å²) in [6.45, 7) is 2.46. The van der Waals surface area contributed by atoms with Gasteiger partial charge in [-0.3, -0.25) is 4.79 Å². The van der Waals surface area contributed by atoms with Crippen LogP contribution in [0.2, 0.25) is 0 Å². The summed E-state index contributed by atoms with van der Waals surface area (Å²) in [7, 11) is 0. The molecule has 0 saturated carbocycles. The molecule has 0 aliphatic carbocycles. The van der Waals surface area contributed by atoms with E-state index in [9.17, 15) is 13.6 Å². The maximum absolute atomic E-state index is 12.7. The largest absolute Gasteiger partial charge is 0.335 e. The second-order valence-corrected chi connectivity index (χ2v) is 3.20. The predicted molar refractivity (Wildman–Crippen MR) is 44.7 cm³/mol. The summed E-state index contributed by atoms with van der Waals surface area (Å²) in [4.78, 5) is 12.4. The number of carbonyl (C=O) groups excluding carboxylic acids is 1. The van der Waals surface area contributed by atoms with Crippen LogP contribution in [0.5, 0.6) is 0 Å². The highest BCUT2D eigenvalue weighted by molar-refractivity contribution is 5.78. The van der Waals surface area contributed by atoms with Gasteiger partial charge in [-0.2, -0.15) is 0 Å². The second kappa shape index (κ2) is 4.00. The number of carbonyl (C=O) groups is 1. The summed E-state index contributed by atoms with van der Waals surface area (Å²) >= 11 is 0. The maximum Gasteiger partial charge on any atom is 0.267 e. The van der Waals surface area contributed by atoms with Crippen LogP contribution >= 0.6 is 0 Å². The summed E-state index contributed by atoms with van der Waals surface area (Å²) in [6.07, 6.45) is -0.204. The van der Waals surface area contributed by atoms with Crippen LogP contribution < -0.4 is 5.32 Å². The molecule has 0 atom stereocenters. The minimum absolute atomic E-state index is 0.159. The van der Waals surface area contributed by atoms with E-state index in [0.29, 0.717) is 6.54 Å². The Labute approximate surface area is 76.1 Å². The van der Waals surface area contributed by atoms with E-state index >= 15 is 0 Å². The first-order valence-corrected chi connectivity index (χ1v) is 4.41. The van der Waals surface area contributed by atoms with Gasteiger partial charge in [0.2, 0.25) is 5.91 Å². The zero-order valence-corrected chi connectivity index (χ0v) is 7.65. The number of nitrogens with zero attached hydrogens (tertiary/aromatic N) is 1. The molecule has 0 spiro atoms. The van der Waals surface area contributed by atoms with Crippen LogP contribution in [0.4, 0.5) is 8.78 Å². The average molecular weight is 192 g/mol. The van der Waals surface area contributed by atoms with E-state index in [1.54, 1.807) is 0 Å². The molecular weight excluding hydrogens is 178 g/mol. The normalized spacial score (nSPS) is 20.7. The molecule has 1 aliphatic rings. The summed E-state index contributed by atoms with van der Waals surface area (Å²) in [5, 5.41) is 2.82. The number of likely N-dealkylation sites (tertiary alicyclic amines) is 1. The quantitative estimate of drug-likeness (QED) is 0.704. The fourth-order valence-corrected chi connectivity index (χ4v) is 1.29. The van der Waals surface area contributed by atoms with Crippen LogP contribution in [0.25, 0.3) is 0 Å². The third-order valence-corrected chi connectivity index (χ3v) is 2.05. The van der Waals surface area contributed by atoms with Crippen LogP contribution in [-0.4, -0.2) is 42.9 Å². The minimum Gasteiger partial charge on any atom is -0.335 e. The Kier molecular flexibility index (Phi) is 3.19. The maximum atomic E-state index is 12.7. The molecule has 5 heteroatoms. The van der Waals surface area contributed by atoms with E-state index in [1.807, 2.05) is 6.92 Å². The van der Waals surface area contributed by atoms with Crippen molar-refractivity contribution in [3.8, 4) is 0 Å². The van der Waals surface area contributed by atoms with Gasteiger partial charge in [-0.15, -0.1) is 0 Å². The minimum atomic E-state index is -2.68. The molecule has 76 valence electrons. The monoisotopic (exact) mass is 192 g/mol. The van der Waals surface area contributed by atoms with Gasteiger partial charge in [0.1, 0.15) is 0 Å². The number of hydrogen-bond donors (Lipinski definition) is 1. The summed E-state index contributed by atoms with van der Waals surface area (Å²) in [5.41, 5.74) is 0. The van der Waals surface area contributed by atoms with Gasteiger partial charge in [0, 0.05) is 13.0 Å². The van der Waals surface area contributed by atoms with E-state index in [-0.39, 0.29) is 25.4 Å². The summed E-state index contributed by atoms with van der Waals surface area (Å²) in [6, 6.07) is 0. The lowest BCUT2D eigenvalue weighted by molar-refractivity contribution is -0.130. The number of amides is 1. The first-order valence-electron chi connectivity index (χ1n) is 4.41. The molecule has 0 aromatic carbocycles. The third-order valence-electron chi connectivity index (χ3n) is 2.05. The highest BCUT2D eigenvalue weighted by Crippen LogP contribution is 2.26. The molecule has 13 heavy (non-hydrogen) atoms. The van der Waals surface area contributed by atoms with Crippen LogP contribution in [-0.2, 0) is 4.79 Å². The molecule has 0 bridgehead atoms. The van der Waals surface area contributed by atoms with Gasteiger partial charge >= 0.3 is 0 Å². The van der Waals surface area contributed by atoms with Gasteiger partial charge in [-0.25, -0.2) is 8.78 Å². The average Bonchev–Trinajstić information content (AvgIpc) is 2.42. The Hall–Kier alpha value is -0.710. The molecular formula is C8H14F2N2O. The molecule has 1 amide bonds. The van der Waals surface area contributed by atoms with Gasteiger partial charge in [-0.05, 0) is 6.54 Å². The molecule has 1 aliphatic heterocycles. The number of rotatable bonds is 3. The molecule has 0 radical (unpaired) electrons. The van der Waals surface area contributed by atoms with Crippen molar-refractivity contribution < 1.29 is 13.6 Å². The van der Waals surface area contributed by atoms with E-state index in [4.69, 9.17) is 0 Å². The third kappa shape index (κ3) is 2.91. The highest BCUT2D eigenvalue weighted by atomic mass is 19.3. The Balaban J connectivity index is 2.33. The number of alkyl halides is 2. The van der Waals surface area contributed by atoms with E-state index in [2.05, 4.69) is 5.32 Å². The number of halogens is 2. The first kappa shape index (κ1) is 10.4. The van der Waals surface area contributed by atoms with Crippen LogP contribution in [0.15, 0.2) is 0 Å². The molecule has 1 fully saturated rings. The van der Waals surface area contributed by atoms with Crippen molar-refractivity contribution in [1.29, 1.82) is 0 Å².